The highest BCUT2D eigenvalue weighted by Gasteiger charge is 2.05. The first-order chi connectivity index (χ1) is 7.42. The third-order valence-electron chi connectivity index (χ3n) is 1.36. The Morgan fingerprint density at radius 3 is 2.31 bits per heavy atom. The molecule has 1 rings (SSSR count). The normalized spacial score (nSPS) is 8.94. The lowest BCUT2D eigenvalue weighted by molar-refractivity contribution is -0.135. The number of hydrogen-bond donors (Lipinski definition) is 3. The SMILES string of the molecule is NCC(=O)O.O=Cc1cc(Br)cc(Br)c1O. The summed E-state index contributed by atoms with van der Waals surface area (Å²) in [6, 6.07) is 3.22. The number of aliphatic carboxylic acids is 1. The van der Waals surface area contributed by atoms with E-state index in [4.69, 9.17) is 5.11 Å². The molecule has 4 N–H and O–H groups in total. The second kappa shape index (κ2) is 7.37. The molecule has 1 aromatic rings. The highest BCUT2D eigenvalue weighted by atomic mass is 79.9. The minimum Gasteiger partial charge on any atom is -0.506 e. The molecule has 0 aromatic heterocycles. The maximum Gasteiger partial charge on any atom is 0.317 e. The molecule has 1 aromatic carbocycles. The molecule has 0 aliphatic rings. The van der Waals surface area contributed by atoms with Crippen molar-refractivity contribution in [1.82, 2.24) is 0 Å². The third kappa shape index (κ3) is 5.24. The van der Waals surface area contributed by atoms with E-state index in [1.54, 1.807) is 12.1 Å². The third-order valence-corrected chi connectivity index (χ3v) is 2.42. The Balaban J connectivity index is 0.000000385. The number of benzene rings is 1. The molecule has 0 saturated heterocycles. The van der Waals surface area contributed by atoms with Gasteiger partial charge in [0.2, 0.25) is 0 Å². The minimum absolute atomic E-state index is 0.0248. The van der Waals surface area contributed by atoms with Crippen LogP contribution >= 0.6 is 31.9 Å². The Morgan fingerprint density at radius 2 is 1.94 bits per heavy atom. The molecule has 0 spiro atoms. The molecular weight excluding hydrogens is 346 g/mol. The Labute approximate surface area is 109 Å². The maximum atomic E-state index is 10.3. The number of rotatable bonds is 2. The average molecular weight is 355 g/mol. The standard InChI is InChI=1S/C7H4Br2O2.C2H5NO2/c8-5-1-4(3-10)7(11)6(9)2-5;3-1-2(4)5/h1-3,11H;1,3H2,(H,4,5). The van der Waals surface area contributed by atoms with Crippen LogP contribution in [0, 0.1) is 0 Å². The van der Waals surface area contributed by atoms with E-state index in [2.05, 4.69) is 37.6 Å². The van der Waals surface area contributed by atoms with Crippen molar-refractivity contribution in [1.29, 1.82) is 0 Å². The van der Waals surface area contributed by atoms with Crippen LogP contribution in [0.5, 0.6) is 5.75 Å². The van der Waals surface area contributed by atoms with Crippen LogP contribution in [0.15, 0.2) is 21.1 Å². The molecular formula is C9H9Br2NO4. The monoisotopic (exact) mass is 353 g/mol. The van der Waals surface area contributed by atoms with Crippen LogP contribution in [0.1, 0.15) is 10.4 Å². The van der Waals surface area contributed by atoms with Crippen molar-refractivity contribution in [2.45, 2.75) is 0 Å². The van der Waals surface area contributed by atoms with Gasteiger partial charge in [0, 0.05) is 4.47 Å². The zero-order valence-electron chi connectivity index (χ0n) is 7.98. The number of halogens is 2. The predicted octanol–water partition coefficient (Wildman–Crippen LogP) is 1.76. The van der Waals surface area contributed by atoms with Gasteiger partial charge < -0.3 is 15.9 Å². The summed E-state index contributed by atoms with van der Waals surface area (Å²) in [4.78, 5) is 19.6. The second-order valence-corrected chi connectivity index (χ2v) is 4.31. The molecule has 0 fully saturated rings. The fourth-order valence-electron chi connectivity index (χ4n) is 0.676. The molecule has 0 aliphatic heterocycles. The van der Waals surface area contributed by atoms with E-state index in [1.807, 2.05) is 0 Å². The van der Waals surface area contributed by atoms with Crippen LogP contribution < -0.4 is 5.73 Å². The summed E-state index contributed by atoms with van der Waals surface area (Å²) in [5, 5.41) is 16.8. The number of nitrogens with two attached hydrogens (primary N) is 1. The first-order valence-electron chi connectivity index (χ1n) is 3.97. The van der Waals surface area contributed by atoms with Gasteiger partial charge in [-0.05, 0) is 28.1 Å². The van der Waals surface area contributed by atoms with Crippen molar-refractivity contribution in [3.63, 3.8) is 0 Å². The summed E-state index contributed by atoms with van der Waals surface area (Å²) < 4.78 is 1.26. The highest BCUT2D eigenvalue weighted by Crippen LogP contribution is 2.30. The predicted molar refractivity (Wildman–Crippen MR) is 65.6 cm³/mol. The van der Waals surface area contributed by atoms with Crippen LogP contribution in [-0.4, -0.2) is 29.0 Å². The zero-order chi connectivity index (χ0) is 12.7. The Morgan fingerprint density at radius 1 is 1.44 bits per heavy atom. The van der Waals surface area contributed by atoms with Gasteiger partial charge in [0.05, 0.1) is 16.6 Å². The van der Waals surface area contributed by atoms with Crippen LogP contribution in [0.25, 0.3) is 0 Å². The zero-order valence-corrected chi connectivity index (χ0v) is 11.2. The summed E-state index contributed by atoms with van der Waals surface area (Å²) in [6.45, 7) is -0.278. The van der Waals surface area contributed by atoms with Gasteiger partial charge in [0.15, 0.2) is 6.29 Å². The highest BCUT2D eigenvalue weighted by molar-refractivity contribution is 9.11. The van der Waals surface area contributed by atoms with Crippen molar-refractivity contribution in [3.8, 4) is 5.75 Å². The van der Waals surface area contributed by atoms with Gasteiger partial charge in [-0.2, -0.15) is 0 Å². The molecule has 0 heterocycles. The van der Waals surface area contributed by atoms with Crippen LogP contribution in [0.3, 0.4) is 0 Å². The van der Waals surface area contributed by atoms with E-state index in [9.17, 15) is 14.7 Å². The molecule has 0 unspecified atom stereocenters. The average Bonchev–Trinajstić information content (AvgIpc) is 2.24. The summed E-state index contributed by atoms with van der Waals surface area (Å²) in [7, 11) is 0. The summed E-state index contributed by atoms with van der Waals surface area (Å²) in [6.07, 6.45) is 0.602. The molecule has 0 atom stereocenters. The first kappa shape index (κ1) is 15.1. The van der Waals surface area contributed by atoms with E-state index in [-0.39, 0.29) is 17.9 Å². The lowest BCUT2D eigenvalue weighted by Crippen LogP contribution is -2.10. The number of aldehydes is 1. The van der Waals surface area contributed by atoms with Gasteiger partial charge in [-0.1, -0.05) is 15.9 Å². The number of hydrogen-bond acceptors (Lipinski definition) is 4. The fourth-order valence-corrected chi connectivity index (χ4v) is 1.93. The number of carboxylic acid groups (broad SMARTS) is 1. The minimum atomic E-state index is -0.968. The quantitative estimate of drug-likeness (QED) is 0.702. The smallest absolute Gasteiger partial charge is 0.317 e. The largest absolute Gasteiger partial charge is 0.506 e. The van der Waals surface area contributed by atoms with Crippen LogP contribution in [0.4, 0.5) is 0 Å². The van der Waals surface area contributed by atoms with Gasteiger partial charge >= 0.3 is 5.97 Å². The maximum absolute atomic E-state index is 10.3. The molecule has 0 radical (unpaired) electrons. The van der Waals surface area contributed by atoms with E-state index >= 15 is 0 Å². The van der Waals surface area contributed by atoms with Crippen molar-refractivity contribution in [2.24, 2.45) is 5.73 Å². The Hall–Kier alpha value is -0.920. The summed E-state index contributed by atoms with van der Waals surface area (Å²) in [5.41, 5.74) is 4.84. The molecule has 0 saturated carbocycles. The van der Waals surface area contributed by atoms with Crippen LogP contribution in [0.2, 0.25) is 0 Å². The summed E-state index contributed by atoms with van der Waals surface area (Å²) >= 11 is 6.29. The topological polar surface area (TPSA) is 101 Å². The van der Waals surface area contributed by atoms with Crippen molar-refractivity contribution in [2.75, 3.05) is 6.54 Å². The lowest BCUT2D eigenvalue weighted by Gasteiger charge is -1.99. The number of carboxylic acids is 1. The first-order valence-corrected chi connectivity index (χ1v) is 5.56. The Bertz CT molecular complexity index is 395. The van der Waals surface area contributed by atoms with Gasteiger partial charge in [-0.25, -0.2) is 0 Å². The van der Waals surface area contributed by atoms with Crippen molar-refractivity contribution in [3.05, 3.63) is 26.6 Å². The van der Waals surface area contributed by atoms with Gasteiger partial charge in [0.25, 0.3) is 0 Å². The number of phenolic OH excluding ortho intramolecular Hbond substituents is 1. The van der Waals surface area contributed by atoms with E-state index in [0.717, 1.165) is 4.47 Å². The van der Waals surface area contributed by atoms with Crippen molar-refractivity contribution >= 4 is 44.1 Å². The molecule has 0 bridgehead atoms. The van der Waals surface area contributed by atoms with E-state index in [1.165, 1.54) is 0 Å². The molecule has 88 valence electrons. The molecule has 7 heteroatoms. The molecule has 0 aliphatic carbocycles. The number of carbonyl (C=O) groups excluding carboxylic acids is 1. The number of aromatic hydroxyl groups is 1. The molecule has 5 nitrogen and oxygen atoms in total. The van der Waals surface area contributed by atoms with E-state index in [0.29, 0.717) is 10.8 Å². The fraction of sp³-hybridized carbons (Fsp3) is 0.111. The van der Waals surface area contributed by atoms with Gasteiger partial charge in [-0.15, -0.1) is 0 Å². The second-order valence-electron chi connectivity index (χ2n) is 2.54. The number of phenols is 1. The lowest BCUT2D eigenvalue weighted by atomic mass is 10.2. The number of carbonyl (C=O) groups is 2. The van der Waals surface area contributed by atoms with E-state index < -0.39 is 5.97 Å². The molecule has 16 heavy (non-hydrogen) atoms. The van der Waals surface area contributed by atoms with Gasteiger partial charge in [0.1, 0.15) is 5.75 Å². The Kier molecular flexibility index (Phi) is 6.95. The van der Waals surface area contributed by atoms with Crippen LogP contribution in [-0.2, 0) is 4.79 Å². The molecule has 0 amide bonds. The summed E-state index contributed by atoms with van der Waals surface area (Å²) in [5.74, 6) is -0.992. The van der Waals surface area contributed by atoms with Crippen molar-refractivity contribution < 1.29 is 19.8 Å². The van der Waals surface area contributed by atoms with Gasteiger partial charge in [-0.3, -0.25) is 9.59 Å².